The summed E-state index contributed by atoms with van der Waals surface area (Å²) in [6.45, 7) is 0.515. The fraction of sp³-hybridized carbons (Fsp3) is 0.308. The molecule has 1 aromatic heterocycles. The summed E-state index contributed by atoms with van der Waals surface area (Å²) >= 11 is 0. The molecule has 0 spiro atoms. The van der Waals surface area contributed by atoms with Crippen molar-refractivity contribution in [3.63, 3.8) is 0 Å². The van der Waals surface area contributed by atoms with Crippen molar-refractivity contribution in [1.82, 2.24) is 10.3 Å². The van der Waals surface area contributed by atoms with E-state index < -0.39 is 11.6 Å². The van der Waals surface area contributed by atoms with E-state index in [0.717, 1.165) is 18.2 Å². The summed E-state index contributed by atoms with van der Waals surface area (Å²) in [4.78, 5) is 4.04. The molecule has 1 N–H and O–H groups in total. The lowest BCUT2D eigenvalue weighted by molar-refractivity contribution is 0.473. The number of nitrogens with one attached hydrogen (secondary N) is 1. The van der Waals surface area contributed by atoms with Crippen LogP contribution in [0.5, 0.6) is 0 Å². The number of nitrogens with zero attached hydrogens (tertiary/aromatic N) is 1. The van der Waals surface area contributed by atoms with E-state index >= 15 is 0 Å². The SMILES string of the molecule is Fc1ccc(F)c(-c2cnc(CNC3CC3)o2)c1. The Kier molecular flexibility index (Phi) is 2.83. The Morgan fingerprint density at radius 2 is 2.17 bits per heavy atom. The molecule has 0 radical (unpaired) electrons. The molecule has 1 heterocycles. The standard InChI is InChI=1S/C13H12F2N2O/c14-8-1-4-11(15)10(5-8)12-6-17-13(18-12)7-16-9-2-3-9/h1,4-6,9,16H,2-3,7H2. The number of hydrogen-bond donors (Lipinski definition) is 1. The molecule has 2 aromatic rings. The molecule has 1 saturated carbocycles. The highest BCUT2D eigenvalue weighted by Crippen LogP contribution is 2.25. The number of hydrogen-bond acceptors (Lipinski definition) is 3. The van der Waals surface area contributed by atoms with E-state index in [9.17, 15) is 8.78 Å². The van der Waals surface area contributed by atoms with Crippen molar-refractivity contribution in [3.8, 4) is 11.3 Å². The van der Waals surface area contributed by atoms with E-state index in [-0.39, 0.29) is 11.3 Å². The zero-order valence-corrected chi connectivity index (χ0v) is 9.62. The van der Waals surface area contributed by atoms with Crippen molar-refractivity contribution in [3.05, 3.63) is 41.9 Å². The normalized spacial score (nSPS) is 15.0. The van der Waals surface area contributed by atoms with Crippen LogP contribution in [0.15, 0.2) is 28.8 Å². The van der Waals surface area contributed by atoms with E-state index in [1.54, 1.807) is 0 Å². The van der Waals surface area contributed by atoms with Gasteiger partial charge >= 0.3 is 0 Å². The van der Waals surface area contributed by atoms with Gasteiger partial charge in [-0.3, -0.25) is 0 Å². The molecule has 0 amide bonds. The van der Waals surface area contributed by atoms with Gasteiger partial charge in [0.05, 0.1) is 18.3 Å². The summed E-state index contributed by atoms with van der Waals surface area (Å²) in [5, 5.41) is 3.24. The van der Waals surface area contributed by atoms with E-state index in [2.05, 4.69) is 10.3 Å². The lowest BCUT2D eigenvalue weighted by atomic mass is 10.2. The molecule has 5 heteroatoms. The molecule has 0 atom stereocenters. The van der Waals surface area contributed by atoms with Gasteiger partial charge in [-0.25, -0.2) is 13.8 Å². The Hall–Kier alpha value is -1.75. The number of oxazole rings is 1. The average molecular weight is 250 g/mol. The van der Waals surface area contributed by atoms with Crippen molar-refractivity contribution >= 4 is 0 Å². The molecule has 3 nitrogen and oxygen atoms in total. The molecule has 3 rings (SSSR count). The van der Waals surface area contributed by atoms with Crippen LogP contribution in [0.4, 0.5) is 8.78 Å². The van der Waals surface area contributed by atoms with Gasteiger partial charge < -0.3 is 9.73 Å². The van der Waals surface area contributed by atoms with Crippen molar-refractivity contribution < 1.29 is 13.2 Å². The Morgan fingerprint density at radius 3 is 2.94 bits per heavy atom. The average Bonchev–Trinajstić information content (AvgIpc) is 3.08. The van der Waals surface area contributed by atoms with E-state index in [4.69, 9.17) is 4.42 Å². The fourth-order valence-corrected chi connectivity index (χ4v) is 1.72. The molecule has 1 aliphatic carbocycles. The summed E-state index contributed by atoms with van der Waals surface area (Å²) in [5.74, 6) is -0.283. The largest absolute Gasteiger partial charge is 0.439 e. The second-order valence-corrected chi connectivity index (χ2v) is 4.40. The smallest absolute Gasteiger partial charge is 0.208 e. The van der Waals surface area contributed by atoms with Crippen molar-refractivity contribution in [2.45, 2.75) is 25.4 Å². The van der Waals surface area contributed by atoms with Crippen LogP contribution < -0.4 is 5.32 Å². The van der Waals surface area contributed by atoms with Crippen LogP contribution in [0.3, 0.4) is 0 Å². The maximum Gasteiger partial charge on any atom is 0.208 e. The zero-order chi connectivity index (χ0) is 12.5. The fourth-order valence-electron chi connectivity index (χ4n) is 1.72. The van der Waals surface area contributed by atoms with Crippen LogP contribution in [0.2, 0.25) is 0 Å². The lowest BCUT2D eigenvalue weighted by Gasteiger charge is -1.99. The van der Waals surface area contributed by atoms with Gasteiger partial charge in [0, 0.05) is 6.04 Å². The second-order valence-electron chi connectivity index (χ2n) is 4.40. The third-order valence-electron chi connectivity index (χ3n) is 2.87. The van der Waals surface area contributed by atoms with Crippen molar-refractivity contribution in [1.29, 1.82) is 0 Å². The zero-order valence-electron chi connectivity index (χ0n) is 9.62. The highest BCUT2D eigenvalue weighted by Gasteiger charge is 2.21. The Bertz CT molecular complexity index is 564. The Balaban J connectivity index is 1.80. The molecule has 94 valence electrons. The minimum atomic E-state index is -0.519. The van der Waals surface area contributed by atoms with Gasteiger partial charge in [-0.2, -0.15) is 0 Å². The third kappa shape index (κ3) is 2.41. The maximum absolute atomic E-state index is 13.5. The Labute approximate surface area is 103 Å². The number of halogens is 2. The van der Waals surface area contributed by atoms with Crippen LogP contribution in [0.25, 0.3) is 11.3 Å². The van der Waals surface area contributed by atoms with Crippen LogP contribution in [0, 0.1) is 11.6 Å². The van der Waals surface area contributed by atoms with Gasteiger partial charge in [0.1, 0.15) is 11.6 Å². The molecule has 1 aliphatic rings. The molecule has 0 bridgehead atoms. The van der Waals surface area contributed by atoms with E-state index in [1.165, 1.54) is 19.0 Å². The predicted octanol–water partition coefficient (Wildman–Crippen LogP) is 2.87. The van der Waals surface area contributed by atoms with Gasteiger partial charge in [-0.05, 0) is 31.0 Å². The molecule has 1 aromatic carbocycles. The molecular weight excluding hydrogens is 238 g/mol. The van der Waals surface area contributed by atoms with Gasteiger partial charge in [-0.15, -0.1) is 0 Å². The number of aromatic nitrogens is 1. The first-order valence-corrected chi connectivity index (χ1v) is 5.86. The lowest BCUT2D eigenvalue weighted by Crippen LogP contribution is -2.15. The number of benzene rings is 1. The van der Waals surface area contributed by atoms with Crippen molar-refractivity contribution in [2.75, 3.05) is 0 Å². The minimum Gasteiger partial charge on any atom is -0.439 e. The topological polar surface area (TPSA) is 38.1 Å². The maximum atomic E-state index is 13.5. The molecule has 0 unspecified atom stereocenters. The van der Waals surface area contributed by atoms with Crippen LogP contribution in [-0.4, -0.2) is 11.0 Å². The first kappa shape index (κ1) is 11.3. The third-order valence-corrected chi connectivity index (χ3v) is 2.87. The summed E-state index contributed by atoms with van der Waals surface area (Å²) in [7, 11) is 0. The van der Waals surface area contributed by atoms with Crippen LogP contribution in [-0.2, 0) is 6.54 Å². The van der Waals surface area contributed by atoms with Gasteiger partial charge in [0.2, 0.25) is 5.89 Å². The summed E-state index contributed by atoms with van der Waals surface area (Å²) in [6, 6.07) is 3.81. The summed E-state index contributed by atoms with van der Waals surface area (Å²) in [5.41, 5.74) is 0.0974. The Morgan fingerprint density at radius 1 is 1.33 bits per heavy atom. The monoisotopic (exact) mass is 250 g/mol. The van der Waals surface area contributed by atoms with Gasteiger partial charge in [0.25, 0.3) is 0 Å². The molecule has 18 heavy (non-hydrogen) atoms. The van der Waals surface area contributed by atoms with E-state index in [0.29, 0.717) is 18.5 Å². The van der Waals surface area contributed by atoms with Crippen LogP contribution >= 0.6 is 0 Å². The van der Waals surface area contributed by atoms with E-state index in [1.807, 2.05) is 0 Å². The van der Waals surface area contributed by atoms with Crippen LogP contribution in [0.1, 0.15) is 18.7 Å². The minimum absolute atomic E-state index is 0.0974. The predicted molar refractivity (Wildman–Crippen MR) is 61.7 cm³/mol. The molecule has 0 aliphatic heterocycles. The summed E-state index contributed by atoms with van der Waals surface area (Å²) < 4.78 is 32.0. The highest BCUT2D eigenvalue weighted by atomic mass is 19.1. The molecular formula is C13H12F2N2O. The quantitative estimate of drug-likeness (QED) is 0.906. The van der Waals surface area contributed by atoms with Crippen molar-refractivity contribution in [2.24, 2.45) is 0 Å². The first-order valence-electron chi connectivity index (χ1n) is 5.86. The first-order chi connectivity index (χ1) is 8.72. The van der Waals surface area contributed by atoms with Gasteiger partial charge in [-0.1, -0.05) is 0 Å². The molecule has 1 fully saturated rings. The number of rotatable bonds is 4. The summed E-state index contributed by atoms with van der Waals surface area (Å²) in [6.07, 6.45) is 3.76. The van der Waals surface area contributed by atoms with Gasteiger partial charge in [0.15, 0.2) is 5.76 Å². The highest BCUT2D eigenvalue weighted by molar-refractivity contribution is 5.57. The molecule has 0 saturated heterocycles. The second kappa shape index (κ2) is 4.49.